The molecule has 1 aliphatic heterocycles. The largest absolute Gasteiger partial charge is 0.341 e. The molecule has 0 bridgehead atoms. The number of para-hydroxylation sites is 1. The van der Waals surface area contributed by atoms with Crippen LogP contribution in [-0.2, 0) is 21.4 Å². The number of aromatic nitrogens is 2. The van der Waals surface area contributed by atoms with Gasteiger partial charge in [-0.15, -0.1) is 0 Å². The quantitative estimate of drug-likeness (QED) is 0.801. The Morgan fingerprint density at radius 3 is 2.83 bits per heavy atom. The van der Waals surface area contributed by atoms with Crippen molar-refractivity contribution < 1.29 is 13.2 Å². The van der Waals surface area contributed by atoms with Crippen LogP contribution < -0.4 is 10.7 Å². The summed E-state index contributed by atoms with van der Waals surface area (Å²) in [5.74, 6) is -0.518. The molecule has 1 atom stereocenters. The first-order chi connectivity index (χ1) is 11.3. The lowest BCUT2D eigenvalue weighted by Gasteiger charge is -2.17. The van der Waals surface area contributed by atoms with Crippen molar-refractivity contribution in [2.24, 2.45) is 11.1 Å². The zero-order valence-corrected chi connectivity index (χ0v) is 13.8. The number of likely N-dealkylation sites (tertiary alicyclic amines) is 1. The summed E-state index contributed by atoms with van der Waals surface area (Å²) in [4.78, 5) is 30.5. The Labute approximate surface area is 138 Å². The number of nitrogens with two attached hydrogens (primary N) is 1. The lowest BCUT2D eigenvalue weighted by molar-refractivity contribution is -0.130. The number of hydrogen-bond acceptors (Lipinski definition) is 5. The Morgan fingerprint density at radius 1 is 1.33 bits per heavy atom. The van der Waals surface area contributed by atoms with Gasteiger partial charge in [-0.3, -0.25) is 14.2 Å². The highest BCUT2D eigenvalue weighted by Crippen LogP contribution is 2.17. The van der Waals surface area contributed by atoms with E-state index in [2.05, 4.69) is 4.98 Å². The third-order valence-electron chi connectivity index (χ3n) is 4.14. The van der Waals surface area contributed by atoms with E-state index < -0.39 is 10.0 Å². The molecule has 1 unspecified atom stereocenters. The Kier molecular flexibility index (Phi) is 4.37. The van der Waals surface area contributed by atoms with Gasteiger partial charge in [0.05, 0.1) is 23.0 Å². The molecule has 2 heterocycles. The summed E-state index contributed by atoms with van der Waals surface area (Å²) < 4.78 is 23.6. The molecule has 0 spiro atoms. The molecule has 1 aromatic heterocycles. The second kappa shape index (κ2) is 6.33. The van der Waals surface area contributed by atoms with Crippen LogP contribution in [0.1, 0.15) is 6.42 Å². The number of nitrogens with zero attached hydrogens (tertiary/aromatic N) is 3. The van der Waals surface area contributed by atoms with Crippen LogP contribution in [0.25, 0.3) is 10.9 Å². The van der Waals surface area contributed by atoms with Crippen LogP contribution >= 0.6 is 0 Å². The number of fused-ring (bicyclic) bond motifs is 1. The molecule has 128 valence electrons. The first-order valence-electron chi connectivity index (χ1n) is 7.56. The van der Waals surface area contributed by atoms with Crippen molar-refractivity contribution in [1.82, 2.24) is 14.5 Å². The number of carbonyl (C=O) groups excluding carboxylic acids is 1. The van der Waals surface area contributed by atoms with Gasteiger partial charge in [0, 0.05) is 13.1 Å². The average molecular weight is 350 g/mol. The molecule has 3 rings (SSSR count). The van der Waals surface area contributed by atoms with Gasteiger partial charge >= 0.3 is 0 Å². The van der Waals surface area contributed by atoms with E-state index in [1.807, 2.05) is 0 Å². The summed E-state index contributed by atoms with van der Waals surface area (Å²) in [5.41, 5.74) is 0.315. The molecule has 1 saturated heterocycles. The zero-order valence-electron chi connectivity index (χ0n) is 13.0. The van der Waals surface area contributed by atoms with Crippen LogP contribution in [0.15, 0.2) is 35.4 Å². The van der Waals surface area contributed by atoms with E-state index in [0.717, 1.165) is 0 Å². The molecule has 0 aliphatic carbocycles. The van der Waals surface area contributed by atoms with Gasteiger partial charge < -0.3 is 4.90 Å². The third-order valence-corrected chi connectivity index (χ3v) is 5.08. The Hall–Kier alpha value is -2.26. The van der Waals surface area contributed by atoms with Gasteiger partial charge in [0.2, 0.25) is 15.9 Å². The second-order valence-electron chi connectivity index (χ2n) is 6.02. The van der Waals surface area contributed by atoms with Gasteiger partial charge in [-0.25, -0.2) is 18.5 Å². The molecule has 1 amide bonds. The number of rotatable bonds is 4. The molecule has 2 N–H and O–H groups in total. The van der Waals surface area contributed by atoms with E-state index in [9.17, 15) is 18.0 Å². The van der Waals surface area contributed by atoms with Crippen molar-refractivity contribution in [2.45, 2.75) is 13.0 Å². The van der Waals surface area contributed by atoms with Crippen molar-refractivity contribution >= 4 is 26.8 Å². The van der Waals surface area contributed by atoms with Crippen LogP contribution in [0.5, 0.6) is 0 Å². The fourth-order valence-electron chi connectivity index (χ4n) is 2.99. The number of amides is 1. The molecule has 1 aromatic carbocycles. The molecule has 1 fully saturated rings. The van der Waals surface area contributed by atoms with E-state index in [1.165, 1.54) is 10.9 Å². The number of primary sulfonamides is 1. The third kappa shape index (κ3) is 3.62. The van der Waals surface area contributed by atoms with Crippen molar-refractivity contribution in [3.63, 3.8) is 0 Å². The standard InChI is InChI=1S/C15H18N4O4S/c16-24(22,23)9-11-5-6-18(7-11)14(20)8-19-10-17-13-4-2-1-3-12(13)15(19)21/h1-4,10-11H,5-9H2,(H2,16,22,23). The van der Waals surface area contributed by atoms with Crippen LogP contribution in [0.2, 0.25) is 0 Å². The fourth-order valence-corrected chi connectivity index (χ4v) is 3.92. The van der Waals surface area contributed by atoms with Gasteiger partial charge in [-0.1, -0.05) is 12.1 Å². The molecular weight excluding hydrogens is 332 g/mol. The van der Waals surface area contributed by atoms with Crippen LogP contribution in [0.4, 0.5) is 0 Å². The van der Waals surface area contributed by atoms with Crippen LogP contribution in [0.3, 0.4) is 0 Å². The minimum absolute atomic E-state index is 0.112. The van der Waals surface area contributed by atoms with E-state index >= 15 is 0 Å². The number of benzene rings is 1. The van der Waals surface area contributed by atoms with Gasteiger partial charge in [-0.05, 0) is 24.5 Å². The smallest absolute Gasteiger partial charge is 0.261 e. The Bertz CT molecular complexity index is 938. The summed E-state index contributed by atoms with van der Waals surface area (Å²) in [7, 11) is -3.55. The minimum Gasteiger partial charge on any atom is -0.341 e. The monoisotopic (exact) mass is 350 g/mol. The Morgan fingerprint density at radius 2 is 2.08 bits per heavy atom. The first kappa shape index (κ1) is 16.6. The predicted octanol–water partition coefficient (Wildman–Crippen LogP) is -0.466. The van der Waals surface area contributed by atoms with Gasteiger partial charge in [0.1, 0.15) is 6.54 Å². The summed E-state index contributed by atoms with van der Waals surface area (Å²) in [6, 6.07) is 6.95. The normalized spacial score (nSPS) is 18.2. The SMILES string of the molecule is NS(=O)(=O)CC1CCN(C(=O)Cn2cnc3ccccc3c2=O)C1. The van der Waals surface area contributed by atoms with E-state index in [0.29, 0.717) is 30.4 Å². The van der Waals surface area contributed by atoms with Crippen molar-refractivity contribution in [3.05, 3.63) is 40.9 Å². The fraction of sp³-hybridized carbons (Fsp3) is 0.400. The Balaban J connectivity index is 1.72. The highest BCUT2D eigenvalue weighted by Gasteiger charge is 2.28. The molecule has 0 radical (unpaired) electrons. The molecule has 24 heavy (non-hydrogen) atoms. The van der Waals surface area contributed by atoms with E-state index in [1.54, 1.807) is 29.2 Å². The summed E-state index contributed by atoms with van der Waals surface area (Å²) >= 11 is 0. The lowest BCUT2D eigenvalue weighted by atomic mass is 10.2. The molecule has 0 saturated carbocycles. The molecular formula is C15H18N4O4S. The second-order valence-corrected chi connectivity index (χ2v) is 7.68. The van der Waals surface area contributed by atoms with Gasteiger partial charge in [-0.2, -0.15) is 0 Å². The number of carbonyl (C=O) groups is 1. The zero-order chi connectivity index (χ0) is 17.3. The van der Waals surface area contributed by atoms with Crippen LogP contribution in [0, 0.1) is 5.92 Å². The van der Waals surface area contributed by atoms with Crippen molar-refractivity contribution in [3.8, 4) is 0 Å². The molecule has 2 aromatic rings. The number of hydrogen-bond donors (Lipinski definition) is 1. The summed E-state index contributed by atoms with van der Waals surface area (Å²) in [6.07, 6.45) is 1.95. The van der Waals surface area contributed by atoms with Crippen LogP contribution in [-0.4, -0.2) is 47.6 Å². The highest BCUT2D eigenvalue weighted by atomic mass is 32.2. The van der Waals surface area contributed by atoms with Crippen molar-refractivity contribution in [1.29, 1.82) is 0 Å². The molecule has 9 heteroatoms. The van der Waals surface area contributed by atoms with Crippen molar-refractivity contribution in [2.75, 3.05) is 18.8 Å². The van der Waals surface area contributed by atoms with E-state index in [-0.39, 0.29) is 29.7 Å². The maximum atomic E-state index is 12.4. The minimum atomic E-state index is -3.55. The summed E-state index contributed by atoms with van der Waals surface area (Å²) in [5, 5.41) is 5.51. The topological polar surface area (TPSA) is 115 Å². The molecule has 1 aliphatic rings. The maximum absolute atomic E-state index is 12.4. The number of sulfonamides is 1. The summed E-state index contributed by atoms with van der Waals surface area (Å²) in [6.45, 7) is 0.693. The van der Waals surface area contributed by atoms with E-state index in [4.69, 9.17) is 5.14 Å². The average Bonchev–Trinajstić information content (AvgIpc) is 2.97. The first-order valence-corrected chi connectivity index (χ1v) is 9.27. The predicted molar refractivity (Wildman–Crippen MR) is 88.7 cm³/mol. The highest BCUT2D eigenvalue weighted by molar-refractivity contribution is 7.89. The van der Waals surface area contributed by atoms with Gasteiger partial charge in [0.25, 0.3) is 5.56 Å². The van der Waals surface area contributed by atoms with Gasteiger partial charge in [0.15, 0.2) is 0 Å². The maximum Gasteiger partial charge on any atom is 0.261 e. The molecule has 8 nitrogen and oxygen atoms in total. The lowest BCUT2D eigenvalue weighted by Crippen LogP contribution is -2.36.